The van der Waals surface area contributed by atoms with Gasteiger partial charge in [0.15, 0.2) is 9.84 Å². The molecule has 1 aliphatic heterocycles. The molecule has 0 aromatic heterocycles. The van der Waals surface area contributed by atoms with E-state index in [-0.39, 0.29) is 17.7 Å². The van der Waals surface area contributed by atoms with Gasteiger partial charge in [0.25, 0.3) is 5.91 Å². The predicted octanol–water partition coefficient (Wildman–Crippen LogP) is 0.682. The van der Waals surface area contributed by atoms with Crippen LogP contribution in [0.1, 0.15) is 22.8 Å². The third kappa shape index (κ3) is 5.93. The van der Waals surface area contributed by atoms with Crippen LogP contribution in [0.2, 0.25) is 0 Å². The van der Waals surface area contributed by atoms with E-state index in [1.807, 2.05) is 0 Å². The second-order valence-corrected chi connectivity index (χ2v) is 8.12. The fourth-order valence-electron chi connectivity index (χ4n) is 2.59. The van der Waals surface area contributed by atoms with Gasteiger partial charge in [-0.15, -0.1) is 0 Å². The summed E-state index contributed by atoms with van der Waals surface area (Å²) in [6.45, 7) is 5.83. The minimum atomic E-state index is -3.11. The molecule has 1 saturated heterocycles. The van der Waals surface area contributed by atoms with Crippen molar-refractivity contribution in [2.45, 2.75) is 18.7 Å². The molecule has 1 atom stereocenters. The Morgan fingerprint density at radius 3 is 2.70 bits per heavy atom. The van der Waals surface area contributed by atoms with Gasteiger partial charge in [0.05, 0.1) is 19.0 Å². The minimum absolute atomic E-state index is 0.0572. The number of hydrogen-bond donors (Lipinski definition) is 1. The van der Waals surface area contributed by atoms with Gasteiger partial charge in [-0.1, -0.05) is 12.1 Å². The molecule has 0 bridgehead atoms. The summed E-state index contributed by atoms with van der Waals surface area (Å²) in [6, 6.07) is 6.99. The molecular weight excluding hydrogens is 316 g/mol. The Balaban J connectivity index is 1.91. The van der Waals surface area contributed by atoms with Crippen molar-refractivity contribution in [1.29, 1.82) is 0 Å². The van der Waals surface area contributed by atoms with Crippen molar-refractivity contribution >= 4 is 15.7 Å². The highest BCUT2D eigenvalue weighted by atomic mass is 32.2. The van der Waals surface area contributed by atoms with E-state index in [4.69, 9.17) is 4.74 Å². The quantitative estimate of drug-likeness (QED) is 0.824. The molecular formula is C16H24N2O4S. The molecule has 0 radical (unpaired) electrons. The van der Waals surface area contributed by atoms with Crippen molar-refractivity contribution in [3.05, 3.63) is 35.4 Å². The third-order valence-electron chi connectivity index (χ3n) is 3.85. The lowest BCUT2D eigenvalue weighted by Crippen LogP contribution is -2.47. The molecule has 7 heteroatoms. The summed E-state index contributed by atoms with van der Waals surface area (Å²) in [7, 11) is -3.11. The maximum Gasteiger partial charge on any atom is 0.251 e. The lowest BCUT2D eigenvalue weighted by atomic mass is 10.1. The number of hydrogen-bond acceptors (Lipinski definition) is 5. The summed E-state index contributed by atoms with van der Waals surface area (Å²) in [6.07, 6.45) is 1.18. The van der Waals surface area contributed by atoms with Crippen LogP contribution in [0.15, 0.2) is 24.3 Å². The van der Waals surface area contributed by atoms with Gasteiger partial charge >= 0.3 is 0 Å². The SMILES string of the molecule is CC(CNC(=O)c1cccc(CS(C)(=O)=O)c1)N1CCOCC1. The lowest BCUT2D eigenvalue weighted by Gasteiger charge is -2.32. The number of carbonyl (C=O) groups is 1. The number of sulfone groups is 1. The fourth-order valence-corrected chi connectivity index (χ4v) is 3.38. The predicted molar refractivity (Wildman–Crippen MR) is 89.2 cm³/mol. The Kier molecular flexibility index (Phi) is 6.15. The molecule has 0 aliphatic carbocycles. The fraction of sp³-hybridized carbons (Fsp3) is 0.562. The molecule has 1 amide bonds. The minimum Gasteiger partial charge on any atom is -0.379 e. The maximum absolute atomic E-state index is 12.2. The number of benzene rings is 1. The van der Waals surface area contributed by atoms with Crippen LogP contribution >= 0.6 is 0 Å². The number of morpholine rings is 1. The summed E-state index contributed by atoms with van der Waals surface area (Å²) in [5.41, 5.74) is 1.11. The van der Waals surface area contributed by atoms with Gasteiger partial charge in [0.1, 0.15) is 0 Å². The summed E-state index contributed by atoms with van der Waals surface area (Å²) in [4.78, 5) is 14.5. The lowest BCUT2D eigenvalue weighted by molar-refractivity contribution is 0.0204. The number of nitrogens with zero attached hydrogens (tertiary/aromatic N) is 1. The molecule has 0 spiro atoms. The van der Waals surface area contributed by atoms with E-state index < -0.39 is 9.84 Å². The second-order valence-electron chi connectivity index (χ2n) is 5.98. The zero-order chi connectivity index (χ0) is 16.9. The number of rotatable bonds is 6. The Bertz CT molecular complexity index is 639. The Morgan fingerprint density at radius 1 is 1.35 bits per heavy atom. The summed E-state index contributed by atoms with van der Waals surface area (Å²) in [5, 5.41) is 2.92. The highest BCUT2D eigenvalue weighted by molar-refractivity contribution is 7.89. The molecule has 0 saturated carbocycles. The molecule has 1 heterocycles. The third-order valence-corrected chi connectivity index (χ3v) is 4.70. The van der Waals surface area contributed by atoms with E-state index in [9.17, 15) is 13.2 Å². The first-order chi connectivity index (χ1) is 10.8. The van der Waals surface area contributed by atoms with Crippen molar-refractivity contribution in [3.63, 3.8) is 0 Å². The molecule has 6 nitrogen and oxygen atoms in total. The van der Waals surface area contributed by atoms with Crippen LogP contribution in [-0.2, 0) is 20.3 Å². The van der Waals surface area contributed by atoms with Gasteiger partial charge in [-0.05, 0) is 24.6 Å². The normalized spacial score (nSPS) is 17.7. The van der Waals surface area contributed by atoms with Crippen molar-refractivity contribution in [1.82, 2.24) is 10.2 Å². The smallest absolute Gasteiger partial charge is 0.251 e. The van der Waals surface area contributed by atoms with Crippen molar-refractivity contribution < 1.29 is 17.9 Å². The van der Waals surface area contributed by atoms with Crippen LogP contribution in [0.25, 0.3) is 0 Å². The van der Waals surface area contributed by atoms with Crippen LogP contribution in [0.3, 0.4) is 0 Å². The molecule has 1 aromatic rings. The van der Waals surface area contributed by atoms with E-state index in [2.05, 4.69) is 17.1 Å². The van der Waals surface area contributed by atoms with Crippen molar-refractivity contribution in [2.75, 3.05) is 39.1 Å². The molecule has 128 valence electrons. The molecule has 2 rings (SSSR count). The van der Waals surface area contributed by atoms with Crippen LogP contribution in [0, 0.1) is 0 Å². The molecule has 1 unspecified atom stereocenters. The first-order valence-corrected chi connectivity index (χ1v) is 9.78. The van der Waals surface area contributed by atoms with Crippen molar-refractivity contribution in [3.8, 4) is 0 Å². The maximum atomic E-state index is 12.2. The zero-order valence-corrected chi connectivity index (χ0v) is 14.4. The largest absolute Gasteiger partial charge is 0.379 e. The first kappa shape index (κ1) is 17.9. The monoisotopic (exact) mass is 340 g/mol. The van der Waals surface area contributed by atoms with Gasteiger partial charge in [0.2, 0.25) is 0 Å². The first-order valence-electron chi connectivity index (χ1n) is 7.72. The van der Waals surface area contributed by atoms with E-state index >= 15 is 0 Å². The molecule has 1 aliphatic rings. The standard InChI is InChI=1S/C16H24N2O4S/c1-13(18-6-8-22-9-7-18)11-17-16(19)15-5-3-4-14(10-15)12-23(2,20)21/h3-5,10,13H,6-9,11-12H2,1-2H3,(H,17,19). The number of nitrogens with one attached hydrogen (secondary N) is 1. The molecule has 1 aromatic carbocycles. The molecule has 1 N–H and O–H groups in total. The zero-order valence-electron chi connectivity index (χ0n) is 13.6. The van der Waals surface area contributed by atoms with Crippen LogP contribution in [-0.4, -0.2) is 64.4 Å². The topological polar surface area (TPSA) is 75.7 Å². The highest BCUT2D eigenvalue weighted by Gasteiger charge is 2.18. The van der Waals surface area contributed by atoms with Crippen LogP contribution in [0.4, 0.5) is 0 Å². The number of ether oxygens (including phenoxy) is 1. The average molecular weight is 340 g/mol. The van der Waals surface area contributed by atoms with Crippen molar-refractivity contribution in [2.24, 2.45) is 0 Å². The Morgan fingerprint density at radius 2 is 2.04 bits per heavy atom. The summed E-state index contributed by atoms with van der Waals surface area (Å²) >= 11 is 0. The van der Waals surface area contributed by atoms with E-state index in [1.165, 1.54) is 6.26 Å². The number of carbonyl (C=O) groups excluding carboxylic acids is 1. The van der Waals surface area contributed by atoms with E-state index in [0.717, 1.165) is 26.3 Å². The average Bonchev–Trinajstić information content (AvgIpc) is 2.51. The Hall–Kier alpha value is -1.44. The van der Waals surface area contributed by atoms with Gasteiger partial charge in [-0.2, -0.15) is 0 Å². The van der Waals surface area contributed by atoms with Gasteiger partial charge in [0, 0.05) is 37.5 Å². The van der Waals surface area contributed by atoms with Gasteiger partial charge in [-0.25, -0.2) is 8.42 Å². The van der Waals surface area contributed by atoms with E-state index in [1.54, 1.807) is 24.3 Å². The molecule has 1 fully saturated rings. The van der Waals surface area contributed by atoms with Crippen LogP contribution < -0.4 is 5.32 Å². The molecule has 23 heavy (non-hydrogen) atoms. The van der Waals surface area contributed by atoms with E-state index in [0.29, 0.717) is 17.7 Å². The van der Waals surface area contributed by atoms with Gasteiger partial charge < -0.3 is 10.1 Å². The Labute approximate surface area is 137 Å². The highest BCUT2D eigenvalue weighted by Crippen LogP contribution is 2.09. The van der Waals surface area contributed by atoms with Gasteiger partial charge in [-0.3, -0.25) is 9.69 Å². The second kappa shape index (κ2) is 7.90. The summed E-state index contributed by atoms with van der Waals surface area (Å²) in [5.74, 6) is -0.237. The number of amides is 1. The summed E-state index contributed by atoms with van der Waals surface area (Å²) < 4.78 is 28.0. The van der Waals surface area contributed by atoms with Crippen LogP contribution in [0.5, 0.6) is 0 Å².